The highest BCUT2D eigenvalue weighted by Gasteiger charge is 2.14. The maximum atomic E-state index is 6.04. The maximum absolute atomic E-state index is 6.04. The summed E-state index contributed by atoms with van der Waals surface area (Å²) in [5.74, 6) is 1.38. The zero-order valence-corrected chi connectivity index (χ0v) is 14.7. The molecule has 0 aliphatic heterocycles. The summed E-state index contributed by atoms with van der Waals surface area (Å²) in [6.45, 7) is 0. The first-order valence-corrected chi connectivity index (χ1v) is 8.29. The molecule has 0 radical (unpaired) electrons. The van der Waals surface area contributed by atoms with E-state index in [1.54, 1.807) is 14.2 Å². The zero-order valence-electron chi connectivity index (χ0n) is 13.9. The van der Waals surface area contributed by atoms with Crippen LogP contribution in [0.15, 0.2) is 60.7 Å². The number of aromatic nitrogens is 1. The van der Waals surface area contributed by atoms with E-state index in [1.807, 2.05) is 54.6 Å². The first-order valence-electron chi connectivity index (χ1n) is 7.91. The number of halogens is 1. The molecule has 4 rings (SSSR count). The van der Waals surface area contributed by atoms with Gasteiger partial charge >= 0.3 is 0 Å². The van der Waals surface area contributed by atoms with Gasteiger partial charge < -0.3 is 9.47 Å². The summed E-state index contributed by atoms with van der Waals surface area (Å²) >= 11 is 6.04. The van der Waals surface area contributed by atoms with E-state index in [-0.39, 0.29) is 0 Å². The lowest BCUT2D eigenvalue weighted by molar-refractivity contribution is 0.356. The fourth-order valence-electron chi connectivity index (χ4n) is 3.11. The third kappa shape index (κ3) is 2.67. The lowest BCUT2D eigenvalue weighted by atomic mass is 9.99. The summed E-state index contributed by atoms with van der Waals surface area (Å²) in [6.07, 6.45) is 0. The molecule has 0 spiro atoms. The van der Waals surface area contributed by atoms with Crippen LogP contribution < -0.4 is 9.47 Å². The van der Waals surface area contributed by atoms with Crippen LogP contribution in [0.5, 0.6) is 11.5 Å². The van der Waals surface area contributed by atoms with E-state index in [0.29, 0.717) is 16.5 Å². The fraction of sp³-hybridized carbons (Fsp3) is 0.0952. The van der Waals surface area contributed by atoms with Crippen LogP contribution in [0.4, 0.5) is 0 Å². The molecule has 0 atom stereocenters. The molecule has 3 aromatic carbocycles. The Morgan fingerprint density at radius 2 is 1.40 bits per heavy atom. The monoisotopic (exact) mass is 349 g/mol. The third-order valence-corrected chi connectivity index (χ3v) is 4.57. The molecule has 0 aliphatic rings. The minimum absolute atomic E-state index is 0.683. The van der Waals surface area contributed by atoms with Crippen LogP contribution in [0.1, 0.15) is 0 Å². The average Bonchev–Trinajstić information content (AvgIpc) is 2.67. The van der Waals surface area contributed by atoms with E-state index < -0.39 is 0 Å². The van der Waals surface area contributed by atoms with Crippen LogP contribution in [0.25, 0.3) is 32.9 Å². The summed E-state index contributed by atoms with van der Waals surface area (Å²) < 4.78 is 11.0. The number of ether oxygens (including phenoxy) is 2. The predicted octanol–water partition coefficient (Wildman–Crippen LogP) is 5.73. The van der Waals surface area contributed by atoms with E-state index in [0.717, 1.165) is 32.9 Å². The van der Waals surface area contributed by atoms with Crippen molar-refractivity contribution in [2.24, 2.45) is 0 Å². The van der Waals surface area contributed by atoms with Gasteiger partial charge in [0.2, 0.25) is 0 Å². The van der Waals surface area contributed by atoms with E-state index >= 15 is 0 Å². The Morgan fingerprint density at radius 1 is 0.760 bits per heavy atom. The Hall–Kier alpha value is -2.78. The molecule has 0 fully saturated rings. The van der Waals surface area contributed by atoms with Crippen molar-refractivity contribution >= 4 is 33.3 Å². The van der Waals surface area contributed by atoms with Crippen LogP contribution in [-0.4, -0.2) is 19.2 Å². The smallest absolute Gasteiger partial charge is 0.161 e. The molecule has 1 heterocycles. The number of methoxy groups -OCH3 is 2. The van der Waals surface area contributed by atoms with Crippen molar-refractivity contribution in [2.45, 2.75) is 0 Å². The number of rotatable bonds is 3. The van der Waals surface area contributed by atoms with Gasteiger partial charge in [-0.05, 0) is 35.7 Å². The molecule has 124 valence electrons. The number of para-hydroxylation sites is 1. The van der Waals surface area contributed by atoms with Gasteiger partial charge in [-0.25, -0.2) is 4.98 Å². The van der Waals surface area contributed by atoms with Crippen molar-refractivity contribution in [1.82, 2.24) is 4.98 Å². The van der Waals surface area contributed by atoms with Gasteiger partial charge in [0, 0.05) is 21.4 Å². The maximum Gasteiger partial charge on any atom is 0.161 e. The highest BCUT2D eigenvalue weighted by atomic mass is 35.5. The molecule has 4 aromatic rings. The minimum atomic E-state index is 0.683. The van der Waals surface area contributed by atoms with Crippen LogP contribution in [0.3, 0.4) is 0 Å². The first kappa shape index (κ1) is 15.7. The second-order valence-corrected chi connectivity index (χ2v) is 6.17. The number of nitrogens with zero attached hydrogens (tertiary/aromatic N) is 1. The summed E-state index contributed by atoms with van der Waals surface area (Å²) in [5.41, 5.74) is 2.84. The lowest BCUT2D eigenvalue weighted by Gasteiger charge is -2.14. The normalized spacial score (nSPS) is 11.0. The van der Waals surface area contributed by atoms with Crippen LogP contribution in [-0.2, 0) is 0 Å². The van der Waals surface area contributed by atoms with Gasteiger partial charge in [-0.3, -0.25) is 0 Å². The largest absolute Gasteiger partial charge is 0.493 e. The number of benzene rings is 3. The van der Waals surface area contributed by atoms with Crippen molar-refractivity contribution in [3.63, 3.8) is 0 Å². The quantitative estimate of drug-likeness (QED) is 0.443. The highest BCUT2D eigenvalue weighted by molar-refractivity contribution is 6.30. The van der Waals surface area contributed by atoms with Crippen LogP contribution >= 0.6 is 11.6 Å². The van der Waals surface area contributed by atoms with Crippen LogP contribution in [0.2, 0.25) is 5.02 Å². The molecule has 0 bridgehead atoms. The van der Waals surface area contributed by atoms with Gasteiger partial charge in [0.05, 0.1) is 25.4 Å². The molecule has 0 saturated heterocycles. The first-order chi connectivity index (χ1) is 12.2. The zero-order chi connectivity index (χ0) is 17.4. The molecule has 25 heavy (non-hydrogen) atoms. The molecule has 3 nitrogen and oxygen atoms in total. The van der Waals surface area contributed by atoms with E-state index in [4.69, 9.17) is 26.1 Å². The summed E-state index contributed by atoms with van der Waals surface area (Å²) in [5, 5.41) is 3.87. The molecule has 0 unspecified atom stereocenters. The molecule has 4 heteroatoms. The molecule has 0 saturated carbocycles. The summed E-state index contributed by atoms with van der Waals surface area (Å²) in [7, 11) is 3.29. The molecule has 0 aliphatic carbocycles. The topological polar surface area (TPSA) is 31.4 Å². The molecular weight excluding hydrogens is 334 g/mol. The van der Waals surface area contributed by atoms with Crippen LogP contribution in [0, 0.1) is 0 Å². The number of pyridine rings is 1. The Balaban J connectivity index is 2.14. The van der Waals surface area contributed by atoms with Gasteiger partial charge in [-0.1, -0.05) is 41.9 Å². The van der Waals surface area contributed by atoms with E-state index in [1.165, 1.54) is 0 Å². The SMILES string of the molecule is COc1cc2c(-c3ccc(Cl)cc3)nc3ccccc3c2cc1OC. The van der Waals surface area contributed by atoms with E-state index in [9.17, 15) is 0 Å². The molecular formula is C21H16ClNO2. The standard InChI is InChI=1S/C21H16ClNO2/c1-24-19-11-16-15-5-3-4-6-18(15)23-21(17(16)12-20(19)25-2)13-7-9-14(22)10-8-13/h3-12H,1-2H3. The van der Waals surface area contributed by atoms with Crippen molar-refractivity contribution < 1.29 is 9.47 Å². The van der Waals surface area contributed by atoms with Gasteiger partial charge in [0.1, 0.15) is 0 Å². The van der Waals surface area contributed by atoms with Gasteiger partial charge in [-0.2, -0.15) is 0 Å². The highest BCUT2D eigenvalue weighted by Crippen LogP contribution is 2.39. The summed E-state index contributed by atoms with van der Waals surface area (Å²) in [4.78, 5) is 4.89. The minimum Gasteiger partial charge on any atom is -0.493 e. The predicted molar refractivity (Wildman–Crippen MR) is 103 cm³/mol. The van der Waals surface area contributed by atoms with Gasteiger partial charge in [0.25, 0.3) is 0 Å². The van der Waals surface area contributed by atoms with E-state index in [2.05, 4.69) is 6.07 Å². The molecule has 0 N–H and O–H groups in total. The Bertz CT molecular complexity index is 1070. The number of hydrogen-bond acceptors (Lipinski definition) is 3. The number of fused-ring (bicyclic) bond motifs is 3. The number of hydrogen-bond donors (Lipinski definition) is 0. The molecule has 1 aromatic heterocycles. The fourth-order valence-corrected chi connectivity index (χ4v) is 3.23. The second kappa shape index (κ2) is 6.26. The Labute approximate surface area is 150 Å². The van der Waals surface area contributed by atoms with Crippen molar-refractivity contribution in [2.75, 3.05) is 14.2 Å². The van der Waals surface area contributed by atoms with Crippen molar-refractivity contribution in [1.29, 1.82) is 0 Å². The Kier molecular flexibility index (Phi) is 3.94. The lowest BCUT2D eigenvalue weighted by Crippen LogP contribution is -1.94. The van der Waals surface area contributed by atoms with Gasteiger partial charge in [0.15, 0.2) is 11.5 Å². The summed E-state index contributed by atoms with van der Waals surface area (Å²) in [6, 6.07) is 19.8. The molecule has 0 amide bonds. The van der Waals surface area contributed by atoms with Crippen molar-refractivity contribution in [3.05, 3.63) is 65.7 Å². The Morgan fingerprint density at radius 3 is 2.08 bits per heavy atom. The third-order valence-electron chi connectivity index (χ3n) is 4.32. The second-order valence-electron chi connectivity index (χ2n) is 5.74. The van der Waals surface area contributed by atoms with Gasteiger partial charge in [-0.15, -0.1) is 0 Å². The average molecular weight is 350 g/mol. The van der Waals surface area contributed by atoms with Crippen molar-refractivity contribution in [3.8, 4) is 22.8 Å².